The molecule has 0 spiro atoms. The molecule has 2 aromatic heterocycles. The minimum atomic E-state index is 0. The number of aromatic nitrogens is 4. The van der Waals surface area contributed by atoms with Gasteiger partial charge in [0.05, 0.1) is 6.20 Å². The third kappa shape index (κ3) is 3.39. The molecule has 100 valence electrons. The first-order chi connectivity index (χ1) is 7.92. The number of rotatable bonds is 2. The number of H-pyrrole nitrogens is 1. The smallest absolute Gasteiger partial charge is 0.202 e. The highest BCUT2D eigenvalue weighted by Crippen LogP contribution is 2.13. The van der Waals surface area contributed by atoms with Gasteiger partial charge < -0.3 is 15.6 Å². The van der Waals surface area contributed by atoms with Crippen molar-refractivity contribution in [1.29, 1.82) is 0 Å². The zero-order valence-corrected chi connectivity index (χ0v) is 13.1. The Balaban J connectivity index is 0.000000810. The maximum atomic E-state index is 4.37. The average Bonchev–Trinajstić information content (AvgIpc) is 2.72. The number of imidazole rings is 1. The van der Waals surface area contributed by atoms with E-state index in [0.717, 1.165) is 37.4 Å². The van der Waals surface area contributed by atoms with Gasteiger partial charge in [-0.05, 0) is 25.9 Å². The fourth-order valence-electron chi connectivity index (χ4n) is 1.99. The van der Waals surface area contributed by atoms with Gasteiger partial charge in [0.25, 0.3) is 0 Å². The van der Waals surface area contributed by atoms with E-state index in [1.807, 2.05) is 0 Å². The van der Waals surface area contributed by atoms with Gasteiger partial charge in [0.1, 0.15) is 11.8 Å². The van der Waals surface area contributed by atoms with Crippen molar-refractivity contribution in [3.05, 3.63) is 12.5 Å². The normalized spacial score (nSPS) is 15.8. The molecule has 8 heteroatoms. The quantitative estimate of drug-likeness (QED) is 0.739. The SMILES string of the molecule is Br.Br.c1ncc2[nH]c(NC3CCNCC3)nc2n1. The van der Waals surface area contributed by atoms with E-state index in [4.69, 9.17) is 0 Å². The molecule has 1 fully saturated rings. The topological polar surface area (TPSA) is 78.5 Å². The van der Waals surface area contributed by atoms with Crippen LogP contribution in [0.25, 0.3) is 11.2 Å². The first kappa shape index (κ1) is 15.3. The summed E-state index contributed by atoms with van der Waals surface area (Å²) in [7, 11) is 0. The Morgan fingerprint density at radius 1 is 1.22 bits per heavy atom. The molecule has 1 aliphatic heterocycles. The van der Waals surface area contributed by atoms with Gasteiger partial charge in [-0.3, -0.25) is 0 Å². The number of nitrogens with zero attached hydrogens (tertiary/aromatic N) is 3. The maximum absolute atomic E-state index is 4.37. The minimum Gasteiger partial charge on any atom is -0.353 e. The van der Waals surface area contributed by atoms with Crippen LogP contribution in [0, 0.1) is 0 Å². The van der Waals surface area contributed by atoms with Crippen molar-refractivity contribution in [1.82, 2.24) is 25.3 Å². The van der Waals surface area contributed by atoms with Crippen LogP contribution in [0.15, 0.2) is 12.5 Å². The van der Waals surface area contributed by atoms with Crippen LogP contribution in [-0.2, 0) is 0 Å². The number of anilines is 1. The van der Waals surface area contributed by atoms with E-state index >= 15 is 0 Å². The molecule has 0 aliphatic carbocycles. The van der Waals surface area contributed by atoms with Gasteiger partial charge in [0.2, 0.25) is 5.95 Å². The van der Waals surface area contributed by atoms with Crippen LogP contribution in [0.2, 0.25) is 0 Å². The molecule has 6 nitrogen and oxygen atoms in total. The van der Waals surface area contributed by atoms with Crippen LogP contribution >= 0.6 is 34.0 Å². The van der Waals surface area contributed by atoms with Gasteiger partial charge in [0, 0.05) is 6.04 Å². The summed E-state index contributed by atoms with van der Waals surface area (Å²) in [4.78, 5) is 15.6. The van der Waals surface area contributed by atoms with Gasteiger partial charge in [0.15, 0.2) is 5.65 Å². The van der Waals surface area contributed by atoms with Gasteiger partial charge >= 0.3 is 0 Å². The zero-order chi connectivity index (χ0) is 10.8. The lowest BCUT2D eigenvalue weighted by Crippen LogP contribution is -2.35. The van der Waals surface area contributed by atoms with Crippen LogP contribution in [0.5, 0.6) is 0 Å². The van der Waals surface area contributed by atoms with Gasteiger partial charge in [-0.15, -0.1) is 34.0 Å². The van der Waals surface area contributed by atoms with E-state index in [1.165, 1.54) is 6.33 Å². The molecular formula is C10H16Br2N6. The molecule has 1 saturated heterocycles. The molecule has 18 heavy (non-hydrogen) atoms. The number of nitrogens with one attached hydrogen (secondary N) is 3. The Bertz CT molecular complexity index is 449. The second kappa shape index (κ2) is 7.01. The average molecular weight is 380 g/mol. The molecule has 0 amide bonds. The van der Waals surface area contributed by atoms with Gasteiger partial charge in [-0.25, -0.2) is 9.97 Å². The van der Waals surface area contributed by atoms with E-state index in [-0.39, 0.29) is 34.0 Å². The van der Waals surface area contributed by atoms with E-state index in [0.29, 0.717) is 11.7 Å². The molecule has 0 unspecified atom stereocenters. The molecule has 3 heterocycles. The standard InChI is InChI=1S/C10H14N6.2BrH/c1-3-11-4-2-7(1)14-10-15-8-5-12-6-13-9(8)16-10;;/h5-7,11H,1-4H2,(H2,12,13,14,15,16);2*1H. The van der Waals surface area contributed by atoms with Crippen molar-refractivity contribution in [3.63, 3.8) is 0 Å². The maximum Gasteiger partial charge on any atom is 0.202 e. The lowest BCUT2D eigenvalue weighted by Gasteiger charge is -2.23. The Morgan fingerprint density at radius 2 is 2.00 bits per heavy atom. The molecule has 0 aromatic carbocycles. The molecular weight excluding hydrogens is 364 g/mol. The van der Waals surface area contributed by atoms with Crippen molar-refractivity contribution in [3.8, 4) is 0 Å². The second-order valence-electron chi connectivity index (χ2n) is 4.01. The summed E-state index contributed by atoms with van der Waals surface area (Å²) in [5.41, 5.74) is 1.59. The predicted molar refractivity (Wildman–Crippen MR) is 81.8 cm³/mol. The predicted octanol–water partition coefficient (Wildman–Crippen LogP) is 1.67. The van der Waals surface area contributed by atoms with Gasteiger partial charge in [-0.1, -0.05) is 0 Å². The van der Waals surface area contributed by atoms with Crippen LogP contribution < -0.4 is 10.6 Å². The monoisotopic (exact) mass is 378 g/mol. The fourth-order valence-corrected chi connectivity index (χ4v) is 1.99. The molecule has 3 rings (SSSR count). The fraction of sp³-hybridized carbons (Fsp3) is 0.500. The zero-order valence-electron chi connectivity index (χ0n) is 9.72. The molecule has 0 bridgehead atoms. The number of aromatic amines is 1. The van der Waals surface area contributed by atoms with Crippen LogP contribution in [0.3, 0.4) is 0 Å². The molecule has 0 radical (unpaired) electrons. The Labute approximate surface area is 126 Å². The first-order valence-corrected chi connectivity index (χ1v) is 5.55. The summed E-state index contributed by atoms with van der Waals surface area (Å²) in [6.45, 7) is 2.13. The summed E-state index contributed by atoms with van der Waals surface area (Å²) in [6, 6.07) is 0.495. The van der Waals surface area contributed by atoms with Crippen molar-refractivity contribution in [2.45, 2.75) is 18.9 Å². The minimum absolute atomic E-state index is 0. The van der Waals surface area contributed by atoms with Crippen LogP contribution in [0.4, 0.5) is 5.95 Å². The highest BCUT2D eigenvalue weighted by atomic mass is 79.9. The van der Waals surface area contributed by atoms with Crippen LogP contribution in [-0.4, -0.2) is 39.1 Å². The van der Waals surface area contributed by atoms with Crippen molar-refractivity contribution < 1.29 is 0 Å². The Morgan fingerprint density at radius 3 is 2.72 bits per heavy atom. The second-order valence-corrected chi connectivity index (χ2v) is 4.01. The first-order valence-electron chi connectivity index (χ1n) is 5.55. The molecule has 3 N–H and O–H groups in total. The molecule has 0 atom stereocenters. The van der Waals surface area contributed by atoms with E-state index in [9.17, 15) is 0 Å². The summed E-state index contributed by atoms with van der Waals surface area (Å²) in [6.07, 6.45) is 5.51. The largest absolute Gasteiger partial charge is 0.353 e. The number of fused-ring (bicyclic) bond motifs is 1. The Kier molecular flexibility index (Phi) is 5.97. The summed E-state index contributed by atoms with van der Waals surface area (Å²) in [5, 5.41) is 6.73. The number of halogens is 2. The molecule has 0 saturated carbocycles. The highest BCUT2D eigenvalue weighted by Gasteiger charge is 2.14. The number of hydrogen-bond donors (Lipinski definition) is 3. The third-order valence-corrected chi connectivity index (χ3v) is 2.84. The summed E-state index contributed by atoms with van der Waals surface area (Å²) < 4.78 is 0. The lowest BCUT2D eigenvalue weighted by atomic mass is 10.1. The van der Waals surface area contributed by atoms with E-state index < -0.39 is 0 Å². The third-order valence-electron chi connectivity index (χ3n) is 2.84. The highest BCUT2D eigenvalue weighted by molar-refractivity contribution is 8.93. The molecule has 2 aromatic rings. The van der Waals surface area contributed by atoms with Crippen LogP contribution in [0.1, 0.15) is 12.8 Å². The van der Waals surface area contributed by atoms with E-state index in [2.05, 4.69) is 30.6 Å². The number of hydrogen-bond acceptors (Lipinski definition) is 5. The lowest BCUT2D eigenvalue weighted by molar-refractivity contribution is 0.477. The van der Waals surface area contributed by atoms with Crippen molar-refractivity contribution in [2.24, 2.45) is 0 Å². The van der Waals surface area contributed by atoms with E-state index in [1.54, 1.807) is 6.20 Å². The number of piperidine rings is 1. The van der Waals surface area contributed by atoms with Crippen molar-refractivity contribution >= 4 is 51.1 Å². The Hall–Kier alpha value is -0.730. The van der Waals surface area contributed by atoms with Gasteiger partial charge in [-0.2, -0.15) is 4.98 Å². The van der Waals surface area contributed by atoms with Crippen molar-refractivity contribution in [2.75, 3.05) is 18.4 Å². The summed E-state index contributed by atoms with van der Waals surface area (Å²) >= 11 is 0. The summed E-state index contributed by atoms with van der Waals surface area (Å²) in [5.74, 6) is 0.794. The molecule has 1 aliphatic rings.